The Morgan fingerprint density at radius 2 is 1.00 bits per heavy atom. The van der Waals surface area contributed by atoms with Crippen LogP contribution in [0.4, 0.5) is 0 Å². The molecule has 0 aromatic carbocycles. The Morgan fingerprint density at radius 1 is 0.632 bits per heavy atom. The predicted molar refractivity (Wildman–Crippen MR) is 95.9 cm³/mol. The lowest BCUT2D eigenvalue weighted by atomic mass is 9.96. The summed E-state index contributed by atoms with van der Waals surface area (Å²) in [6.07, 6.45) is 5.33. The first-order chi connectivity index (χ1) is 8.22. The molecule has 0 heterocycles. The van der Waals surface area contributed by atoms with Crippen molar-refractivity contribution < 1.29 is 0 Å². The van der Waals surface area contributed by atoms with E-state index in [-0.39, 0.29) is 7.43 Å². The molecule has 1 atom stereocenters. The van der Waals surface area contributed by atoms with Gasteiger partial charge in [0.2, 0.25) is 0 Å². The van der Waals surface area contributed by atoms with Crippen LogP contribution in [-0.2, 0) is 0 Å². The predicted octanol–water partition coefficient (Wildman–Crippen LogP) is 7.82. The van der Waals surface area contributed by atoms with E-state index in [1.54, 1.807) is 0 Å². The van der Waals surface area contributed by atoms with E-state index in [1.807, 2.05) is 0 Å². The molecule has 0 aromatic rings. The third kappa shape index (κ3) is 38.1. The molecule has 19 heavy (non-hydrogen) atoms. The van der Waals surface area contributed by atoms with E-state index < -0.39 is 0 Å². The van der Waals surface area contributed by atoms with Crippen LogP contribution in [0.25, 0.3) is 0 Å². The zero-order chi connectivity index (χ0) is 15.1. The zero-order valence-electron chi connectivity index (χ0n) is 15.1. The monoisotopic (exact) mass is 274 g/mol. The Bertz CT molecular complexity index is 122. The molecular formula is C19H46. The normalized spacial score (nSPS) is 11.2. The maximum Gasteiger partial charge on any atom is -0.0422 e. The van der Waals surface area contributed by atoms with Crippen molar-refractivity contribution in [2.45, 2.75) is 102 Å². The van der Waals surface area contributed by atoms with Crippen molar-refractivity contribution in [1.82, 2.24) is 0 Å². The molecule has 0 bridgehead atoms. The van der Waals surface area contributed by atoms with Crippen LogP contribution in [0, 0.1) is 23.7 Å². The molecule has 0 heteroatoms. The Morgan fingerprint density at radius 3 is 1.00 bits per heavy atom. The molecule has 0 N–H and O–H groups in total. The SMILES string of the molecule is C.CCC(C)C.CCC(C)C(C)C.CCCC(C)C. The van der Waals surface area contributed by atoms with Crippen LogP contribution in [0.5, 0.6) is 0 Å². The molecule has 0 nitrogen and oxygen atoms in total. The fourth-order valence-electron chi connectivity index (χ4n) is 1.05. The fraction of sp³-hybridized carbons (Fsp3) is 1.00. The Labute approximate surface area is 126 Å². The second-order valence-electron chi connectivity index (χ2n) is 6.61. The molecule has 0 saturated heterocycles. The molecule has 0 aromatic heterocycles. The average Bonchev–Trinajstić information content (AvgIpc) is 2.29. The van der Waals surface area contributed by atoms with Crippen LogP contribution in [0.3, 0.4) is 0 Å². The molecule has 0 fully saturated rings. The van der Waals surface area contributed by atoms with Crippen molar-refractivity contribution in [3.05, 3.63) is 0 Å². The summed E-state index contributed by atoms with van der Waals surface area (Å²) in [6, 6.07) is 0. The smallest absolute Gasteiger partial charge is 0.0422 e. The molecule has 0 radical (unpaired) electrons. The van der Waals surface area contributed by atoms with Crippen molar-refractivity contribution >= 4 is 0 Å². The van der Waals surface area contributed by atoms with Crippen LogP contribution in [0.2, 0.25) is 0 Å². The van der Waals surface area contributed by atoms with Gasteiger partial charge in [0.1, 0.15) is 0 Å². The van der Waals surface area contributed by atoms with E-state index in [0.717, 1.165) is 23.7 Å². The first-order valence-corrected chi connectivity index (χ1v) is 8.22. The minimum atomic E-state index is 0. The van der Waals surface area contributed by atoms with Gasteiger partial charge in [-0.1, -0.05) is 102 Å². The summed E-state index contributed by atoms with van der Waals surface area (Å²) in [6.45, 7) is 22.5. The Kier molecular flexibility index (Phi) is 29.3. The molecule has 0 saturated carbocycles. The van der Waals surface area contributed by atoms with Gasteiger partial charge in [-0.25, -0.2) is 0 Å². The number of rotatable bonds is 5. The minimum Gasteiger partial charge on any atom is -0.0776 e. The maximum atomic E-state index is 2.30. The lowest BCUT2D eigenvalue weighted by molar-refractivity contribution is 0.407. The summed E-state index contributed by atoms with van der Waals surface area (Å²) in [7, 11) is 0. The topological polar surface area (TPSA) is 0 Å². The average molecular weight is 275 g/mol. The van der Waals surface area contributed by atoms with Crippen molar-refractivity contribution in [3.63, 3.8) is 0 Å². The third-order valence-electron chi connectivity index (χ3n) is 3.46. The molecule has 0 aliphatic carbocycles. The molecule has 122 valence electrons. The summed E-state index contributed by atoms with van der Waals surface area (Å²) < 4.78 is 0. The largest absolute Gasteiger partial charge is 0.0776 e. The van der Waals surface area contributed by atoms with Crippen molar-refractivity contribution in [2.75, 3.05) is 0 Å². The summed E-state index contributed by atoms with van der Waals surface area (Å²) in [5.41, 5.74) is 0. The molecule has 0 aliphatic rings. The van der Waals surface area contributed by atoms with Gasteiger partial charge in [-0.2, -0.15) is 0 Å². The zero-order valence-corrected chi connectivity index (χ0v) is 15.1. The first-order valence-electron chi connectivity index (χ1n) is 8.22. The lowest BCUT2D eigenvalue weighted by Crippen LogP contribution is -2.00. The Balaban J connectivity index is -0.0000000878. The highest BCUT2D eigenvalue weighted by atomic mass is 14.1. The van der Waals surface area contributed by atoms with Gasteiger partial charge >= 0.3 is 0 Å². The van der Waals surface area contributed by atoms with Gasteiger partial charge in [-0.05, 0) is 23.7 Å². The third-order valence-corrected chi connectivity index (χ3v) is 3.46. The Hall–Kier alpha value is 0. The molecule has 1 unspecified atom stereocenters. The van der Waals surface area contributed by atoms with Crippen LogP contribution in [0.1, 0.15) is 102 Å². The van der Waals surface area contributed by atoms with Crippen LogP contribution < -0.4 is 0 Å². The van der Waals surface area contributed by atoms with Gasteiger partial charge in [-0.15, -0.1) is 0 Å². The quantitative estimate of drug-likeness (QED) is 0.479. The summed E-state index contributed by atoms with van der Waals surface area (Å²) in [5, 5.41) is 0. The first kappa shape index (κ1) is 27.4. The van der Waals surface area contributed by atoms with Gasteiger partial charge in [0.05, 0.1) is 0 Å². The van der Waals surface area contributed by atoms with Crippen LogP contribution >= 0.6 is 0 Å². The van der Waals surface area contributed by atoms with E-state index in [1.165, 1.54) is 25.7 Å². The highest BCUT2D eigenvalue weighted by Gasteiger charge is 2.01. The number of hydrogen-bond acceptors (Lipinski definition) is 0. The van der Waals surface area contributed by atoms with Gasteiger partial charge in [0.25, 0.3) is 0 Å². The van der Waals surface area contributed by atoms with Crippen molar-refractivity contribution in [2.24, 2.45) is 23.7 Å². The van der Waals surface area contributed by atoms with E-state index in [0.29, 0.717) is 0 Å². The molecular weight excluding hydrogens is 228 g/mol. The fourth-order valence-corrected chi connectivity index (χ4v) is 1.05. The van der Waals surface area contributed by atoms with Crippen LogP contribution in [-0.4, -0.2) is 0 Å². The summed E-state index contributed by atoms with van der Waals surface area (Å²) >= 11 is 0. The highest BCUT2D eigenvalue weighted by molar-refractivity contribution is 4.52. The van der Waals surface area contributed by atoms with Gasteiger partial charge in [0.15, 0.2) is 0 Å². The van der Waals surface area contributed by atoms with Gasteiger partial charge in [0, 0.05) is 0 Å². The second kappa shape index (κ2) is 20.3. The highest BCUT2D eigenvalue weighted by Crippen LogP contribution is 2.11. The second-order valence-corrected chi connectivity index (χ2v) is 6.61. The standard InChI is InChI=1S/C7H16.C6H14.C5H12.CH4/c1-5-7(4)6(2)3;1-4-5-6(2)3;1-4-5(2)3;/h6-7H,5H2,1-4H3;6H,4-5H2,1-3H3;5H,4H2,1-3H3;1H4. The molecule has 0 rings (SSSR count). The van der Waals surface area contributed by atoms with E-state index in [9.17, 15) is 0 Å². The van der Waals surface area contributed by atoms with Crippen molar-refractivity contribution in [3.8, 4) is 0 Å². The van der Waals surface area contributed by atoms with E-state index in [2.05, 4.69) is 69.2 Å². The van der Waals surface area contributed by atoms with Gasteiger partial charge < -0.3 is 0 Å². The minimum absolute atomic E-state index is 0. The summed E-state index contributed by atoms with van der Waals surface area (Å²) in [4.78, 5) is 0. The summed E-state index contributed by atoms with van der Waals surface area (Å²) in [5.74, 6) is 3.55. The lowest BCUT2D eigenvalue weighted by Gasteiger charge is -2.10. The van der Waals surface area contributed by atoms with E-state index in [4.69, 9.17) is 0 Å². The molecule has 0 amide bonds. The maximum absolute atomic E-state index is 2.30. The van der Waals surface area contributed by atoms with E-state index >= 15 is 0 Å². The number of hydrogen-bond donors (Lipinski definition) is 0. The van der Waals surface area contributed by atoms with Gasteiger partial charge in [-0.3, -0.25) is 0 Å². The molecule has 0 aliphatic heterocycles. The van der Waals surface area contributed by atoms with Crippen LogP contribution in [0.15, 0.2) is 0 Å². The molecule has 0 spiro atoms. The van der Waals surface area contributed by atoms with Crippen molar-refractivity contribution in [1.29, 1.82) is 0 Å².